The monoisotopic (exact) mass is 512 g/mol. The molecule has 2 unspecified atom stereocenters. The van der Waals surface area contributed by atoms with E-state index in [-0.39, 0.29) is 31.1 Å². The van der Waals surface area contributed by atoms with Crippen molar-refractivity contribution in [1.29, 1.82) is 0 Å². The Labute approximate surface area is 189 Å². The number of aryl methyl sites for hydroxylation is 1. The third-order valence-corrected chi connectivity index (χ3v) is 7.00. The molecule has 0 aliphatic carbocycles. The SMILES string of the molecule is Cn1cc2c(c1C(=O)Nc1cc(F)c(F)c(F)c1)OCC1CN(CC(F)(F)F)CC1NS2(=O)=O. The number of carbonyl (C=O) groups excluding carboxylic acids is 1. The van der Waals surface area contributed by atoms with Crippen LogP contribution in [0.5, 0.6) is 5.75 Å². The Hall–Kier alpha value is -2.78. The molecule has 2 N–H and O–H groups in total. The largest absolute Gasteiger partial charge is 0.489 e. The summed E-state index contributed by atoms with van der Waals surface area (Å²) in [5, 5.41) is 2.15. The minimum absolute atomic E-state index is 0.0927. The van der Waals surface area contributed by atoms with Gasteiger partial charge in [-0.2, -0.15) is 13.2 Å². The van der Waals surface area contributed by atoms with Gasteiger partial charge in [0.05, 0.1) is 13.2 Å². The van der Waals surface area contributed by atoms with Crippen LogP contribution >= 0.6 is 0 Å². The predicted octanol–water partition coefficient (Wildman–Crippen LogP) is 2.23. The highest BCUT2D eigenvalue weighted by molar-refractivity contribution is 7.89. The Kier molecular flexibility index (Phi) is 6.06. The molecule has 1 amide bonds. The first-order chi connectivity index (χ1) is 15.7. The van der Waals surface area contributed by atoms with Gasteiger partial charge in [0.15, 0.2) is 28.9 Å². The van der Waals surface area contributed by atoms with Gasteiger partial charge in [-0.25, -0.2) is 26.3 Å². The number of hydrogen-bond acceptors (Lipinski definition) is 5. The number of sulfonamides is 1. The van der Waals surface area contributed by atoms with Crippen LogP contribution in [0.4, 0.5) is 32.0 Å². The summed E-state index contributed by atoms with van der Waals surface area (Å²) in [5.41, 5.74) is -0.754. The van der Waals surface area contributed by atoms with Crippen molar-refractivity contribution >= 4 is 21.6 Å². The van der Waals surface area contributed by atoms with Crippen molar-refractivity contribution in [2.24, 2.45) is 13.0 Å². The van der Waals surface area contributed by atoms with E-state index in [2.05, 4.69) is 10.0 Å². The zero-order valence-electron chi connectivity index (χ0n) is 17.4. The van der Waals surface area contributed by atoms with Crippen LogP contribution in [0.25, 0.3) is 0 Å². The van der Waals surface area contributed by atoms with Crippen LogP contribution in [0.1, 0.15) is 10.5 Å². The fourth-order valence-electron chi connectivity index (χ4n) is 4.09. The van der Waals surface area contributed by atoms with E-state index in [9.17, 15) is 39.6 Å². The van der Waals surface area contributed by atoms with Crippen LogP contribution in [0.3, 0.4) is 0 Å². The third kappa shape index (κ3) is 4.72. The molecule has 0 radical (unpaired) electrons. The summed E-state index contributed by atoms with van der Waals surface area (Å²) >= 11 is 0. The molecule has 1 aromatic heterocycles. The Bertz CT molecular complexity index is 1220. The number of rotatable bonds is 3. The minimum atomic E-state index is -4.46. The molecule has 2 aromatic rings. The second-order valence-electron chi connectivity index (χ2n) is 8.10. The summed E-state index contributed by atoms with van der Waals surface area (Å²) in [6, 6.07) is 0.240. The normalized spacial score (nSPS) is 22.3. The van der Waals surface area contributed by atoms with E-state index in [0.717, 1.165) is 15.7 Å². The number of likely N-dealkylation sites (tertiary alicyclic amines) is 1. The van der Waals surface area contributed by atoms with Crippen molar-refractivity contribution < 1.29 is 44.3 Å². The fraction of sp³-hybridized carbons (Fsp3) is 0.421. The molecule has 15 heteroatoms. The van der Waals surface area contributed by atoms with Crippen LogP contribution in [-0.4, -0.2) is 62.3 Å². The Morgan fingerprint density at radius 1 is 1.21 bits per heavy atom. The molecular weight excluding hydrogens is 494 g/mol. The quantitative estimate of drug-likeness (QED) is 0.486. The first-order valence-corrected chi connectivity index (χ1v) is 11.3. The van der Waals surface area contributed by atoms with Gasteiger partial charge in [-0.3, -0.25) is 9.69 Å². The van der Waals surface area contributed by atoms with Gasteiger partial charge in [-0.15, -0.1) is 0 Å². The summed E-state index contributed by atoms with van der Waals surface area (Å²) in [5.74, 6) is -6.84. The molecule has 0 spiro atoms. The number of alkyl halides is 3. The van der Waals surface area contributed by atoms with Crippen LogP contribution < -0.4 is 14.8 Å². The van der Waals surface area contributed by atoms with Crippen molar-refractivity contribution in [3.63, 3.8) is 0 Å². The molecule has 1 fully saturated rings. The van der Waals surface area contributed by atoms with Crippen LogP contribution in [0.15, 0.2) is 23.2 Å². The van der Waals surface area contributed by atoms with Crippen molar-refractivity contribution in [1.82, 2.24) is 14.2 Å². The van der Waals surface area contributed by atoms with Crippen molar-refractivity contribution in [3.8, 4) is 5.75 Å². The third-order valence-electron chi connectivity index (χ3n) is 5.52. The van der Waals surface area contributed by atoms with Gasteiger partial charge < -0.3 is 14.6 Å². The highest BCUT2D eigenvalue weighted by atomic mass is 32.2. The topological polar surface area (TPSA) is 92.7 Å². The van der Waals surface area contributed by atoms with E-state index in [0.29, 0.717) is 12.1 Å². The van der Waals surface area contributed by atoms with Crippen molar-refractivity contribution in [3.05, 3.63) is 41.5 Å². The number of fused-ring (bicyclic) bond motifs is 2. The maximum Gasteiger partial charge on any atom is 0.401 e. The lowest BCUT2D eigenvalue weighted by Crippen LogP contribution is -2.43. The number of aromatic nitrogens is 1. The van der Waals surface area contributed by atoms with E-state index in [1.807, 2.05) is 0 Å². The second-order valence-corrected chi connectivity index (χ2v) is 9.78. The molecule has 34 heavy (non-hydrogen) atoms. The minimum Gasteiger partial charge on any atom is -0.489 e. The molecule has 0 bridgehead atoms. The number of amides is 1. The fourth-order valence-corrected chi connectivity index (χ4v) is 5.58. The molecule has 2 atom stereocenters. The van der Waals surface area contributed by atoms with E-state index in [4.69, 9.17) is 4.74 Å². The zero-order valence-corrected chi connectivity index (χ0v) is 18.2. The highest BCUT2D eigenvalue weighted by Crippen LogP contribution is 2.35. The molecule has 3 heterocycles. The average molecular weight is 512 g/mol. The molecule has 1 aromatic carbocycles. The maximum absolute atomic E-state index is 13.5. The number of anilines is 1. The first kappa shape index (κ1) is 24.3. The predicted molar refractivity (Wildman–Crippen MR) is 105 cm³/mol. The summed E-state index contributed by atoms with van der Waals surface area (Å²) < 4.78 is 113. The number of nitrogens with zero attached hydrogens (tertiary/aromatic N) is 2. The van der Waals surface area contributed by atoms with Gasteiger partial charge >= 0.3 is 6.18 Å². The molecular formula is C19H18F6N4O4S. The number of hydrogen-bond donors (Lipinski definition) is 2. The molecule has 1 saturated heterocycles. The van der Waals surface area contributed by atoms with E-state index in [1.165, 1.54) is 7.05 Å². The second kappa shape index (κ2) is 8.46. The first-order valence-electron chi connectivity index (χ1n) is 9.84. The molecule has 2 aliphatic rings. The smallest absolute Gasteiger partial charge is 0.401 e. The Balaban J connectivity index is 1.62. The van der Waals surface area contributed by atoms with E-state index in [1.54, 1.807) is 0 Å². The van der Waals surface area contributed by atoms with Gasteiger partial charge in [0.2, 0.25) is 10.0 Å². The number of nitrogens with one attached hydrogen (secondary N) is 2. The molecule has 4 rings (SSSR count). The van der Waals surface area contributed by atoms with Gasteiger partial charge in [0, 0.05) is 56.1 Å². The molecule has 2 aliphatic heterocycles. The van der Waals surface area contributed by atoms with Crippen molar-refractivity contribution in [2.45, 2.75) is 17.1 Å². The summed E-state index contributed by atoms with van der Waals surface area (Å²) in [4.78, 5) is 13.5. The highest BCUT2D eigenvalue weighted by Gasteiger charge is 2.43. The van der Waals surface area contributed by atoms with Crippen LogP contribution in [0, 0.1) is 23.4 Å². The standard InChI is InChI=1S/C19H18F6N4O4S/c1-28-6-14-17(16(28)18(30)26-10-2-11(20)15(22)12(21)3-10)33-7-9-4-29(8-19(23,24)25)5-13(9)27-34(14,31)32/h2-3,6,9,13,27H,4-5,7-8H2,1H3,(H,26,30). The number of halogens is 6. The average Bonchev–Trinajstić information content (AvgIpc) is 3.21. The lowest BCUT2D eigenvalue weighted by Gasteiger charge is -2.24. The molecule has 8 nitrogen and oxygen atoms in total. The van der Waals surface area contributed by atoms with Gasteiger partial charge in [-0.05, 0) is 0 Å². The van der Waals surface area contributed by atoms with Crippen molar-refractivity contribution in [2.75, 3.05) is 31.6 Å². The van der Waals surface area contributed by atoms with Crippen LogP contribution in [-0.2, 0) is 17.1 Å². The summed E-state index contributed by atoms with van der Waals surface area (Å²) in [6.07, 6.45) is -3.39. The zero-order chi connectivity index (χ0) is 25.0. The Morgan fingerprint density at radius 3 is 2.47 bits per heavy atom. The van der Waals surface area contributed by atoms with Gasteiger partial charge in [0.1, 0.15) is 4.90 Å². The van der Waals surface area contributed by atoms with Gasteiger partial charge in [0.25, 0.3) is 5.91 Å². The number of ether oxygens (including phenoxy) is 1. The molecule has 186 valence electrons. The van der Waals surface area contributed by atoms with Crippen LogP contribution in [0.2, 0.25) is 0 Å². The lowest BCUT2D eigenvalue weighted by atomic mass is 10.1. The number of benzene rings is 1. The molecule has 0 saturated carbocycles. The maximum atomic E-state index is 13.5. The van der Waals surface area contributed by atoms with Gasteiger partial charge in [-0.1, -0.05) is 0 Å². The lowest BCUT2D eigenvalue weighted by molar-refractivity contribution is -0.143. The summed E-state index contributed by atoms with van der Waals surface area (Å²) in [7, 11) is -2.97. The van der Waals surface area contributed by atoms with E-state index >= 15 is 0 Å². The summed E-state index contributed by atoms with van der Waals surface area (Å²) in [6.45, 7) is -1.68. The number of carbonyl (C=O) groups is 1. The van der Waals surface area contributed by atoms with E-state index < -0.39 is 68.6 Å². The Morgan fingerprint density at radius 2 is 1.85 bits per heavy atom.